The minimum Gasteiger partial charge on any atom is -0.396 e. The van der Waals surface area contributed by atoms with E-state index in [0.717, 1.165) is 17.9 Å². The van der Waals surface area contributed by atoms with Crippen LogP contribution in [0.5, 0.6) is 0 Å². The van der Waals surface area contributed by atoms with Gasteiger partial charge in [-0.3, -0.25) is 4.68 Å². The highest BCUT2D eigenvalue weighted by molar-refractivity contribution is 5.73. The minimum absolute atomic E-state index is 0.0919. The summed E-state index contributed by atoms with van der Waals surface area (Å²) in [6, 6.07) is 1.86. The summed E-state index contributed by atoms with van der Waals surface area (Å²) < 4.78 is 1.96. The second kappa shape index (κ2) is 7.78. The first-order chi connectivity index (χ1) is 9.02. The van der Waals surface area contributed by atoms with Crippen LogP contribution in [-0.4, -0.2) is 40.6 Å². The standard InChI is InChI=1S/C13H24N4O2/c1-10(8-15-13(19)14-5-4-6-18)9-17-12(3)7-11(2)16-17/h7,10,18H,4-6,8-9H2,1-3H3,(H2,14,15,19). The number of aromatic nitrogens is 2. The predicted octanol–water partition coefficient (Wildman–Crippen LogP) is 0.818. The molecule has 1 aromatic heterocycles. The highest BCUT2D eigenvalue weighted by atomic mass is 16.3. The molecular formula is C13H24N4O2. The van der Waals surface area contributed by atoms with E-state index in [1.54, 1.807) is 0 Å². The third-order valence-corrected chi connectivity index (χ3v) is 2.82. The van der Waals surface area contributed by atoms with Crippen LogP contribution in [0.25, 0.3) is 0 Å². The van der Waals surface area contributed by atoms with Gasteiger partial charge in [-0.05, 0) is 32.3 Å². The van der Waals surface area contributed by atoms with Crippen LogP contribution in [0.3, 0.4) is 0 Å². The summed E-state index contributed by atoms with van der Waals surface area (Å²) in [6.07, 6.45) is 0.578. The Balaban J connectivity index is 2.26. The molecule has 1 rings (SSSR count). The molecular weight excluding hydrogens is 244 g/mol. The summed E-state index contributed by atoms with van der Waals surface area (Å²) in [5, 5.41) is 18.5. The molecule has 6 nitrogen and oxygen atoms in total. The molecule has 1 heterocycles. The van der Waals surface area contributed by atoms with E-state index in [2.05, 4.69) is 22.7 Å². The van der Waals surface area contributed by atoms with E-state index in [0.29, 0.717) is 25.4 Å². The Labute approximate surface area is 114 Å². The molecule has 2 amide bonds. The number of amides is 2. The van der Waals surface area contributed by atoms with Gasteiger partial charge in [-0.2, -0.15) is 5.10 Å². The predicted molar refractivity (Wildman–Crippen MR) is 74.0 cm³/mol. The van der Waals surface area contributed by atoms with Crippen LogP contribution in [0.4, 0.5) is 4.79 Å². The average Bonchev–Trinajstić information content (AvgIpc) is 2.65. The van der Waals surface area contributed by atoms with Crippen molar-refractivity contribution < 1.29 is 9.90 Å². The highest BCUT2D eigenvalue weighted by Gasteiger charge is 2.08. The second-order valence-corrected chi connectivity index (χ2v) is 4.93. The third-order valence-electron chi connectivity index (χ3n) is 2.82. The molecule has 0 saturated carbocycles. The maximum atomic E-state index is 11.4. The lowest BCUT2D eigenvalue weighted by Gasteiger charge is -2.14. The zero-order valence-corrected chi connectivity index (χ0v) is 11.9. The Morgan fingerprint density at radius 1 is 1.47 bits per heavy atom. The maximum absolute atomic E-state index is 11.4. The SMILES string of the molecule is Cc1cc(C)n(CC(C)CNC(=O)NCCCO)n1. The number of nitrogens with zero attached hydrogens (tertiary/aromatic N) is 2. The summed E-state index contributed by atoms with van der Waals surface area (Å²) in [5.41, 5.74) is 2.15. The van der Waals surface area contributed by atoms with Gasteiger partial charge < -0.3 is 15.7 Å². The molecule has 0 spiro atoms. The van der Waals surface area contributed by atoms with E-state index in [9.17, 15) is 4.79 Å². The molecule has 0 aliphatic heterocycles. The van der Waals surface area contributed by atoms with Gasteiger partial charge in [-0.1, -0.05) is 6.92 Å². The van der Waals surface area contributed by atoms with Crippen LogP contribution in [-0.2, 0) is 6.54 Å². The van der Waals surface area contributed by atoms with Crippen LogP contribution in [0.1, 0.15) is 24.7 Å². The molecule has 1 aromatic rings. The van der Waals surface area contributed by atoms with Crippen LogP contribution < -0.4 is 10.6 Å². The largest absolute Gasteiger partial charge is 0.396 e. The zero-order valence-electron chi connectivity index (χ0n) is 11.9. The Morgan fingerprint density at radius 2 is 2.21 bits per heavy atom. The molecule has 108 valence electrons. The number of urea groups is 1. The van der Waals surface area contributed by atoms with Crippen molar-refractivity contribution in [3.63, 3.8) is 0 Å². The molecule has 3 N–H and O–H groups in total. The van der Waals surface area contributed by atoms with Crippen molar-refractivity contribution in [1.29, 1.82) is 0 Å². The molecule has 19 heavy (non-hydrogen) atoms. The Hall–Kier alpha value is -1.56. The molecule has 0 aliphatic rings. The number of aryl methyl sites for hydroxylation is 2. The van der Waals surface area contributed by atoms with Crippen molar-refractivity contribution in [1.82, 2.24) is 20.4 Å². The van der Waals surface area contributed by atoms with Gasteiger partial charge in [0.25, 0.3) is 0 Å². The molecule has 1 unspecified atom stereocenters. The summed E-state index contributed by atoms with van der Waals surface area (Å²) >= 11 is 0. The van der Waals surface area contributed by atoms with Crippen LogP contribution >= 0.6 is 0 Å². The maximum Gasteiger partial charge on any atom is 0.314 e. The van der Waals surface area contributed by atoms with Crippen LogP contribution in [0.2, 0.25) is 0 Å². The molecule has 0 fully saturated rings. The Bertz CT molecular complexity index is 403. The van der Waals surface area contributed by atoms with E-state index in [4.69, 9.17) is 5.11 Å². The number of rotatable bonds is 7. The second-order valence-electron chi connectivity index (χ2n) is 4.93. The van der Waals surface area contributed by atoms with Gasteiger partial charge >= 0.3 is 6.03 Å². The van der Waals surface area contributed by atoms with E-state index in [-0.39, 0.29) is 12.6 Å². The summed E-state index contributed by atoms with van der Waals surface area (Å²) in [4.78, 5) is 11.4. The normalized spacial score (nSPS) is 12.2. The number of hydrogen-bond acceptors (Lipinski definition) is 3. The fourth-order valence-electron chi connectivity index (χ4n) is 1.83. The summed E-state index contributed by atoms with van der Waals surface area (Å²) in [5.74, 6) is 0.307. The lowest BCUT2D eigenvalue weighted by Crippen LogP contribution is -2.39. The highest BCUT2D eigenvalue weighted by Crippen LogP contribution is 2.05. The van der Waals surface area contributed by atoms with Crippen molar-refractivity contribution in [3.8, 4) is 0 Å². The van der Waals surface area contributed by atoms with Crippen molar-refractivity contribution in [2.45, 2.75) is 33.7 Å². The third kappa shape index (κ3) is 5.74. The summed E-state index contributed by atoms with van der Waals surface area (Å²) in [7, 11) is 0. The van der Waals surface area contributed by atoms with Gasteiger partial charge in [-0.25, -0.2) is 4.79 Å². The topological polar surface area (TPSA) is 79.2 Å². The van der Waals surface area contributed by atoms with Crippen molar-refractivity contribution >= 4 is 6.03 Å². The first-order valence-corrected chi connectivity index (χ1v) is 6.66. The lowest BCUT2D eigenvalue weighted by atomic mass is 10.2. The number of nitrogens with one attached hydrogen (secondary N) is 2. The molecule has 0 saturated heterocycles. The van der Waals surface area contributed by atoms with Gasteiger partial charge in [0, 0.05) is 31.9 Å². The summed E-state index contributed by atoms with van der Waals surface area (Å²) in [6.45, 7) is 8.05. The number of carbonyl (C=O) groups excluding carboxylic acids is 1. The minimum atomic E-state index is -0.186. The van der Waals surface area contributed by atoms with Gasteiger partial charge in [0.2, 0.25) is 0 Å². The molecule has 0 radical (unpaired) electrons. The van der Waals surface area contributed by atoms with Gasteiger partial charge in [0.15, 0.2) is 0 Å². The number of aliphatic hydroxyl groups is 1. The van der Waals surface area contributed by atoms with Crippen molar-refractivity contribution in [3.05, 3.63) is 17.5 Å². The smallest absolute Gasteiger partial charge is 0.314 e. The van der Waals surface area contributed by atoms with E-state index < -0.39 is 0 Å². The Morgan fingerprint density at radius 3 is 2.79 bits per heavy atom. The molecule has 0 aliphatic carbocycles. The lowest BCUT2D eigenvalue weighted by molar-refractivity contribution is 0.235. The van der Waals surface area contributed by atoms with Crippen LogP contribution in [0.15, 0.2) is 6.07 Å². The molecule has 1 atom stereocenters. The fourth-order valence-corrected chi connectivity index (χ4v) is 1.83. The molecule has 0 aromatic carbocycles. The zero-order chi connectivity index (χ0) is 14.3. The van der Waals surface area contributed by atoms with Crippen molar-refractivity contribution in [2.24, 2.45) is 5.92 Å². The quantitative estimate of drug-likeness (QED) is 0.640. The van der Waals surface area contributed by atoms with E-state index >= 15 is 0 Å². The molecule has 0 bridgehead atoms. The van der Waals surface area contributed by atoms with E-state index in [1.165, 1.54) is 0 Å². The number of aliphatic hydroxyl groups excluding tert-OH is 1. The van der Waals surface area contributed by atoms with E-state index in [1.807, 2.05) is 24.6 Å². The van der Waals surface area contributed by atoms with Gasteiger partial charge in [0.05, 0.1) is 5.69 Å². The molecule has 6 heteroatoms. The van der Waals surface area contributed by atoms with Crippen molar-refractivity contribution in [2.75, 3.05) is 19.7 Å². The first kappa shape index (κ1) is 15.5. The van der Waals surface area contributed by atoms with Gasteiger partial charge in [-0.15, -0.1) is 0 Å². The average molecular weight is 268 g/mol. The fraction of sp³-hybridized carbons (Fsp3) is 0.692. The monoisotopic (exact) mass is 268 g/mol. The van der Waals surface area contributed by atoms with Crippen LogP contribution in [0, 0.1) is 19.8 Å². The Kier molecular flexibility index (Phi) is 6.35. The van der Waals surface area contributed by atoms with Gasteiger partial charge in [0.1, 0.15) is 0 Å². The number of hydrogen-bond donors (Lipinski definition) is 3. The first-order valence-electron chi connectivity index (χ1n) is 6.66. The number of carbonyl (C=O) groups is 1.